The zero-order chi connectivity index (χ0) is 6.48. The van der Waals surface area contributed by atoms with Gasteiger partial charge in [0.1, 0.15) is 5.78 Å². The summed E-state index contributed by atoms with van der Waals surface area (Å²) in [5.41, 5.74) is 0.130. The first-order valence-electron chi connectivity index (χ1n) is 3.74. The van der Waals surface area contributed by atoms with Crippen LogP contribution in [0.2, 0.25) is 0 Å². The minimum atomic E-state index is 0.130. The summed E-state index contributed by atoms with van der Waals surface area (Å²) in [4.78, 5) is 11.2. The zero-order valence-corrected chi connectivity index (χ0v) is 5.81. The lowest BCUT2D eigenvalue weighted by molar-refractivity contribution is -0.126. The maximum Gasteiger partial charge on any atom is 0.139 e. The quantitative estimate of drug-likeness (QED) is 0.481. The number of hydrogen-bond acceptors (Lipinski definition) is 1. The van der Waals surface area contributed by atoms with E-state index in [9.17, 15) is 4.79 Å². The molecule has 2 bridgehead atoms. The number of rotatable bonds is 0. The molecular weight excluding hydrogens is 112 g/mol. The van der Waals surface area contributed by atoms with Gasteiger partial charge in [0.15, 0.2) is 0 Å². The first kappa shape index (κ1) is 5.45. The van der Waals surface area contributed by atoms with Crippen molar-refractivity contribution in [2.75, 3.05) is 0 Å². The molecule has 0 radical (unpaired) electrons. The Kier molecular flexibility index (Phi) is 0.842. The fraction of sp³-hybridized carbons (Fsp3) is 0.875. The second-order valence-corrected chi connectivity index (χ2v) is 3.80. The lowest BCUT2D eigenvalue weighted by Crippen LogP contribution is -2.20. The summed E-state index contributed by atoms with van der Waals surface area (Å²) in [5, 5.41) is 0. The van der Waals surface area contributed by atoms with Gasteiger partial charge in [0.05, 0.1) is 0 Å². The summed E-state index contributed by atoms with van der Waals surface area (Å²) in [6.45, 7) is 2.13. The number of fused-ring (bicyclic) bond motifs is 2. The van der Waals surface area contributed by atoms with Crippen molar-refractivity contribution in [3.05, 3.63) is 0 Å². The van der Waals surface area contributed by atoms with Gasteiger partial charge in [0.25, 0.3) is 0 Å². The maximum absolute atomic E-state index is 11.2. The summed E-state index contributed by atoms with van der Waals surface area (Å²) in [6.07, 6.45) is 4.54. The van der Waals surface area contributed by atoms with Crippen molar-refractivity contribution in [3.8, 4) is 0 Å². The van der Waals surface area contributed by atoms with Crippen LogP contribution in [0.15, 0.2) is 0 Å². The summed E-state index contributed by atoms with van der Waals surface area (Å²) in [6, 6.07) is 0. The lowest BCUT2D eigenvalue weighted by Gasteiger charge is -2.17. The third kappa shape index (κ3) is 0.577. The Balaban J connectivity index is 2.32. The minimum absolute atomic E-state index is 0.130. The topological polar surface area (TPSA) is 17.1 Å². The van der Waals surface area contributed by atoms with E-state index < -0.39 is 0 Å². The number of Topliss-reactive ketones (excluding diaryl/α,β-unsaturated/α-hetero) is 1. The maximum atomic E-state index is 11.2. The van der Waals surface area contributed by atoms with E-state index in [1.165, 1.54) is 12.8 Å². The van der Waals surface area contributed by atoms with Crippen molar-refractivity contribution in [3.63, 3.8) is 0 Å². The van der Waals surface area contributed by atoms with Crippen molar-refractivity contribution < 1.29 is 4.79 Å². The highest BCUT2D eigenvalue weighted by molar-refractivity contribution is 5.87. The van der Waals surface area contributed by atoms with E-state index in [1.54, 1.807) is 0 Å². The Labute approximate surface area is 55.4 Å². The van der Waals surface area contributed by atoms with Crippen molar-refractivity contribution in [1.29, 1.82) is 0 Å². The van der Waals surface area contributed by atoms with Crippen LogP contribution in [0, 0.1) is 11.3 Å². The Hall–Kier alpha value is -0.330. The third-order valence-corrected chi connectivity index (χ3v) is 2.99. The Morgan fingerprint density at radius 2 is 2.44 bits per heavy atom. The molecule has 0 spiro atoms. The summed E-state index contributed by atoms with van der Waals surface area (Å²) >= 11 is 0. The van der Waals surface area contributed by atoms with Gasteiger partial charge in [0, 0.05) is 11.8 Å². The predicted molar refractivity (Wildman–Crippen MR) is 35.1 cm³/mol. The number of hydrogen-bond donors (Lipinski definition) is 0. The standard InChI is InChI=1S/C8H12O/c1-8-3-2-6(5-8)4-7(8)9/h6H,2-5H2,1H3/t6-,8?/m1/s1. The van der Waals surface area contributed by atoms with Crippen molar-refractivity contribution >= 4 is 5.78 Å². The SMILES string of the molecule is CC12CC[C@H](CC1=O)C2. The summed E-state index contributed by atoms with van der Waals surface area (Å²) in [7, 11) is 0. The second-order valence-electron chi connectivity index (χ2n) is 3.80. The molecule has 2 aliphatic rings. The molecule has 0 aromatic carbocycles. The summed E-state index contributed by atoms with van der Waals surface area (Å²) in [5.74, 6) is 1.29. The van der Waals surface area contributed by atoms with Crippen LogP contribution in [-0.2, 0) is 4.79 Å². The second kappa shape index (κ2) is 1.39. The molecule has 1 unspecified atom stereocenters. The largest absolute Gasteiger partial charge is 0.299 e. The van der Waals surface area contributed by atoms with Crippen LogP contribution >= 0.6 is 0 Å². The Bertz CT molecular complexity index is 162. The molecule has 0 N–H and O–H groups in total. The number of ketones is 1. The molecule has 2 atom stereocenters. The molecule has 50 valence electrons. The van der Waals surface area contributed by atoms with Gasteiger partial charge < -0.3 is 0 Å². The molecule has 2 aliphatic carbocycles. The monoisotopic (exact) mass is 124 g/mol. The van der Waals surface area contributed by atoms with Gasteiger partial charge in [-0.2, -0.15) is 0 Å². The van der Waals surface area contributed by atoms with Crippen LogP contribution in [0.25, 0.3) is 0 Å². The smallest absolute Gasteiger partial charge is 0.139 e. The van der Waals surface area contributed by atoms with Gasteiger partial charge in [0.2, 0.25) is 0 Å². The predicted octanol–water partition coefficient (Wildman–Crippen LogP) is 1.77. The molecule has 0 heterocycles. The molecule has 1 nitrogen and oxygen atoms in total. The molecule has 9 heavy (non-hydrogen) atoms. The number of carbonyl (C=O) groups is 1. The minimum Gasteiger partial charge on any atom is -0.299 e. The van der Waals surface area contributed by atoms with E-state index >= 15 is 0 Å². The van der Waals surface area contributed by atoms with E-state index in [1.807, 2.05) is 0 Å². The molecule has 0 aliphatic heterocycles. The molecular formula is C8H12O. The van der Waals surface area contributed by atoms with Gasteiger partial charge in [-0.3, -0.25) is 4.79 Å². The van der Waals surface area contributed by atoms with Gasteiger partial charge in [-0.1, -0.05) is 6.92 Å². The van der Waals surface area contributed by atoms with Crippen molar-refractivity contribution in [2.45, 2.75) is 32.6 Å². The van der Waals surface area contributed by atoms with Gasteiger partial charge >= 0.3 is 0 Å². The average molecular weight is 124 g/mol. The molecule has 2 fully saturated rings. The van der Waals surface area contributed by atoms with E-state index in [-0.39, 0.29) is 5.41 Å². The van der Waals surface area contributed by atoms with E-state index in [2.05, 4.69) is 6.92 Å². The highest BCUT2D eigenvalue weighted by Crippen LogP contribution is 2.50. The van der Waals surface area contributed by atoms with E-state index in [0.717, 1.165) is 18.8 Å². The Morgan fingerprint density at radius 1 is 1.67 bits per heavy atom. The fourth-order valence-corrected chi connectivity index (χ4v) is 2.30. The van der Waals surface area contributed by atoms with Gasteiger partial charge in [-0.05, 0) is 25.2 Å². The average Bonchev–Trinajstić information content (AvgIpc) is 2.22. The molecule has 1 heteroatoms. The normalized spacial score (nSPS) is 48.6. The van der Waals surface area contributed by atoms with Crippen molar-refractivity contribution in [2.24, 2.45) is 11.3 Å². The summed E-state index contributed by atoms with van der Waals surface area (Å²) < 4.78 is 0. The zero-order valence-electron chi connectivity index (χ0n) is 5.81. The third-order valence-electron chi connectivity index (χ3n) is 2.99. The van der Waals surface area contributed by atoms with E-state index in [4.69, 9.17) is 0 Å². The van der Waals surface area contributed by atoms with Crippen LogP contribution in [0.3, 0.4) is 0 Å². The van der Waals surface area contributed by atoms with Gasteiger partial charge in [-0.15, -0.1) is 0 Å². The highest BCUT2D eigenvalue weighted by Gasteiger charge is 2.47. The molecule has 0 amide bonds. The lowest BCUT2D eigenvalue weighted by atomic mass is 9.86. The first-order valence-corrected chi connectivity index (χ1v) is 3.74. The van der Waals surface area contributed by atoms with Crippen LogP contribution in [-0.4, -0.2) is 5.78 Å². The van der Waals surface area contributed by atoms with E-state index in [0.29, 0.717) is 5.78 Å². The molecule has 0 saturated heterocycles. The first-order chi connectivity index (χ1) is 4.21. The van der Waals surface area contributed by atoms with Crippen LogP contribution in [0.1, 0.15) is 32.6 Å². The van der Waals surface area contributed by atoms with Crippen LogP contribution < -0.4 is 0 Å². The van der Waals surface area contributed by atoms with Crippen LogP contribution in [0.4, 0.5) is 0 Å². The Morgan fingerprint density at radius 3 is 2.67 bits per heavy atom. The molecule has 0 aromatic rings. The highest BCUT2D eigenvalue weighted by atomic mass is 16.1. The van der Waals surface area contributed by atoms with Crippen molar-refractivity contribution in [1.82, 2.24) is 0 Å². The fourth-order valence-electron chi connectivity index (χ4n) is 2.30. The molecule has 2 rings (SSSR count). The van der Waals surface area contributed by atoms with Crippen LogP contribution in [0.5, 0.6) is 0 Å². The molecule has 2 saturated carbocycles. The molecule has 0 aromatic heterocycles. The van der Waals surface area contributed by atoms with Gasteiger partial charge in [-0.25, -0.2) is 0 Å². The number of carbonyl (C=O) groups excluding carboxylic acids is 1.